The number of halogens is 1. The van der Waals surface area contributed by atoms with Gasteiger partial charge in [-0.05, 0) is 11.1 Å². The molecule has 0 amide bonds. The second-order valence-corrected chi connectivity index (χ2v) is 30.8. The van der Waals surface area contributed by atoms with Crippen molar-refractivity contribution >= 4 is 54.7 Å². The number of hydrogen-bond acceptors (Lipinski definition) is 2. The topological polar surface area (TPSA) is 52.9 Å². The van der Waals surface area contributed by atoms with Gasteiger partial charge in [0.25, 0.3) is 0 Å². The predicted octanol–water partition coefficient (Wildman–Crippen LogP) is 9.64. The van der Waals surface area contributed by atoms with Gasteiger partial charge in [-0.3, -0.25) is 0 Å². The first-order chi connectivity index (χ1) is 16.3. The Labute approximate surface area is 238 Å². The van der Waals surface area contributed by atoms with Gasteiger partial charge in [0.2, 0.25) is 0 Å². The van der Waals surface area contributed by atoms with E-state index < -0.39 is 32.9 Å². The van der Waals surface area contributed by atoms with E-state index in [1.54, 1.807) is 0 Å². The fourth-order valence-corrected chi connectivity index (χ4v) is 6.21. The molecule has 0 aromatic heterocycles. The molecular weight excluding hydrogens is 568 g/mol. The van der Waals surface area contributed by atoms with Crippen LogP contribution in [-0.4, -0.2) is 44.6 Å². The Kier molecular flexibility index (Phi) is 15.1. The first kappa shape index (κ1) is 35.1. The minimum absolute atomic E-state index is 0.962. The Morgan fingerprint density at radius 2 is 0.778 bits per heavy atom. The Hall–Kier alpha value is -0.930. The van der Waals surface area contributed by atoms with E-state index in [-0.39, 0.29) is 0 Å². The minimum atomic E-state index is -1.49. The molecule has 0 aliphatic carbocycles. The zero-order chi connectivity index (χ0) is 28.2. The average Bonchev–Trinajstić information content (AvgIpc) is 2.72. The van der Waals surface area contributed by atoms with E-state index in [4.69, 9.17) is 19.3 Å². The van der Waals surface area contributed by atoms with Gasteiger partial charge in [-0.2, -0.15) is 0 Å². The van der Waals surface area contributed by atoms with Crippen molar-refractivity contribution in [1.29, 1.82) is 0 Å². The molecule has 0 radical (unpaired) electrons. The van der Waals surface area contributed by atoms with Crippen LogP contribution in [0.4, 0.5) is 0 Å². The Morgan fingerprint density at radius 3 is 0.972 bits per heavy atom. The first-order valence-corrected chi connectivity index (χ1v) is 27.8. The first-order valence-electron chi connectivity index (χ1n) is 12.3. The van der Waals surface area contributed by atoms with E-state index in [1.165, 1.54) is 0 Å². The summed E-state index contributed by atoms with van der Waals surface area (Å²) in [6.07, 6.45) is 0. The average molecular weight is 614 g/mol. The van der Waals surface area contributed by atoms with Crippen LogP contribution in [0.5, 0.6) is 0 Å². The summed E-state index contributed by atoms with van der Waals surface area (Å²) in [5.41, 5.74) is 2.30. The van der Waals surface area contributed by atoms with E-state index >= 15 is 0 Å². The molecule has 0 aliphatic heterocycles. The molecule has 36 heavy (non-hydrogen) atoms. The third-order valence-electron chi connectivity index (χ3n) is 3.83. The van der Waals surface area contributed by atoms with Gasteiger partial charge < -0.3 is 19.3 Å². The van der Waals surface area contributed by atoms with Crippen LogP contribution in [0.3, 0.4) is 0 Å². The van der Waals surface area contributed by atoms with E-state index in [0.717, 1.165) is 22.8 Å². The molecule has 0 bridgehead atoms. The van der Waals surface area contributed by atoms with Gasteiger partial charge in [0.15, 0.2) is 0 Å². The normalized spacial score (nSPS) is 13.0. The van der Waals surface area contributed by atoms with Crippen LogP contribution in [0.1, 0.15) is 11.1 Å². The van der Waals surface area contributed by atoms with Crippen molar-refractivity contribution in [2.24, 2.45) is 9.32 Å². The van der Waals surface area contributed by atoms with E-state index in [2.05, 4.69) is 153 Å². The maximum absolute atomic E-state index is 4.89. The Balaban J connectivity index is 0.000000637. The molecule has 0 heterocycles. The quantitative estimate of drug-likeness (QED) is 0.177. The van der Waals surface area contributed by atoms with Crippen molar-refractivity contribution in [3.05, 3.63) is 81.8 Å². The van der Waals surface area contributed by atoms with Crippen LogP contribution >= 0.6 is 10.0 Å². The third kappa shape index (κ3) is 18.3. The molecule has 10 heteroatoms. The number of hydrogen-bond donors (Lipinski definition) is 0. The SMILES string of the molecule is C[Si](C)(C)/N=C(/[N-][Si](C)(C)C)c1ccccc1.C[Si](C)(C)/N=C(/[N-][Si](C)(C)C)c1ccccc1.[Cl][Cr+2]. The zero-order valence-electron chi connectivity index (χ0n) is 24.3. The summed E-state index contributed by atoms with van der Waals surface area (Å²) in [4.78, 5) is 9.78. The molecule has 0 atom stereocenters. The van der Waals surface area contributed by atoms with E-state index in [9.17, 15) is 0 Å². The summed E-state index contributed by atoms with van der Waals surface area (Å²) in [6, 6.07) is 20.7. The van der Waals surface area contributed by atoms with Crippen LogP contribution in [-0.2, 0) is 15.4 Å². The molecule has 0 aliphatic rings. The second kappa shape index (κ2) is 15.5. The van der Waals surface area contributed by atoms with Gasteiger partial charge in [0, 0.05) is 32.9 Å². The summed E-state index contributed by atoms with van der Waals surface area (Å²) in [6.45, 7) is 26.9. The van der Waals surface area contributed by atoms with Crippen LogP contribution in [0.25, 0.3) is 9.96 Å². The van der Waals surface area contributed by atoms with Gasteiger partial charge in [0.05, 0.1) is 0 Å². The summed E-state index contributed by atoms with van der Waals surface area (Å²) >= 11 is 2.10. The van der Waals surface area contributed by atoms with E-state index in [1.807, 2.05) is 12.1 Å². The summed E-state index contributed by atoms with van der Waals surface area (Å²) < 4.78 is 9.78. The molecule has 2 aromatic carbocycles. The number of benzene rings is 2. The van der Waals surface area contributed by atoms with Gasteiger partial charge >= 0.3 is 25.4 Å². The maximum atomic E-state index is 4.89. The molecule has 0 saturated carbocycles. The fourth-order valence-electron chi connectivity index (χ4n) is 2.75. The summed E-state index contributed by atoms with van der Waals surface area (Å²) in [5, 5.41) is 0. The Morgan fingerprint density at radius 1 is 0.528 bits per heavy atom. The van der Waals surface area contributed by atoms with E-state index in [0.29, 0.717) is 0 Å². The molecule has 2 aromatic rings. The molecule has 0 unspecified atom stereocenters. The van der Waals surface area contributed by atoms with Crippen LogP contribution < -0.4 is 0 Å². The molecule has 0 fully saturated rings. The third-order valence-corrected chi connectivity index (χ3v) is 7.36. The molecule has 0 saturated heterocycles. The van der Waals surface area contributed by atoms with Gasteiger partial charge in [-0.1, -0.05) is 151 Å². The second-order valence-electron chi connectivity index (χ2n) is 12.5. The van der Waals surface area contributed by atoms with Crippen molar-refractivity contribution in [3.8, 4) is 0 Å². The fraction of sp³-hybridized carbons (Fsp3) is 0.462. The number of nitrogens with zero attached hydrogens (tertiary/aromatic N) is 4. The number of rotatable bonds is 6. The van der Waals surface area contributed by atoms with Crippen molar-refractivity contribution in [2.75, 3.05) is 0 Å². The molecule has 199 valence electrons. The molecule has 0 N–H and O–H groups in total. The summed E-state index contributed by atoms with van der Waals surface area (Å²) in [7, 11) is -1.43. The van der Waals surface area contributed by atoms with Crippen molar-refractivity contribution in [2.45, 2.75) is 78.6 Å². The van der Waals surface area contributed by atoms with Gasteiger partial charge in [-0.15, -0.1) is 0 Å². The van der Waals surface area contributed by atoms with Crippen LogP contribution in [0.2, 0.25) is 78.6 Å². The molecular formula is C26H46ClCrN4Si4. The molecule has 2 rings (SSSR count). The van der Waals surface area contributed by atoms with Gasteiger partial charge in [0.1, 0.15) is 0 Å². The standard InChI is InChI=1S/2C13H23N2Si2.ClH.Cr/c2*1-16(2,3)14-13(15-17(4,5)6)12-10-8-7-9-11-12;;/h2*7-11H,1-6H3;1H;/q2*-1;;+3/p-1. The van der Waals surface area contributed by atoms with Crippen molar-refractivity contribution in [3.63, 3.8) is 0 Å². The van der Waals surface area contributed by atoms with Crippen LogP contribution in [0.15, 0.2) is 70.0 Å². The van der Waals surface area contributed by atoms with Crippen LogP contribution in [0, 0.1) is 0 Å². The predicted molar refractivity (Wildman–Crippen MR) is 172 cm³/mol. The Bertz CT molecular complexity index is 865. The van der Waals surface area contributed by atoms with Gasteiger partial charge in [-0.25, -0.2) is 0 Å². The van der Waals surface area contributed by atoms with Crippen molar-refractivity contribution < 1.29 is 15.4 Å². The molecule has 4 nitrogen and oxygen atoms in total. The summed E-state index contributed by atoms with van der Waals surface area (Å²) in [5.74, 6) is 1.92. The van der Waals surface area contributed by atoms with Crippen molar-refractivity contribution in [1.82, 2.24) is 0 Å². The molecule has 0 spiro atoms. The monoisotopic (exact) mass is 613 g/mol. The zero-order valence-corrected chi connectivity index (χ0v) is 30.4. The number of amidine groups is 2.